The normalized spacial score (nSPS) is 15.9. The van der Waals surface area contributed by atoms with Crippen LogP contribution in [0.3, 0.4) is 0 Å². The van der Waals surface area contributed by atoms with E-state index in [0.717, 1.165) is 10.8 Å². The number of hydrogen-bond acceptors (Lipinski definition) is 4. The fourth-order valence-corrected chi connectivity index (χ4v) is 6.14. The Bertz CT molecular complexity index is 3800. The minimum absolute atomic E-state index is 0.0139. The average molecular weight is 668 g/mol. The number of fused-ring (bicyclic) bond motifs is 5. The van der Waals surface area contributed by atoms with Gasteiger partial charge in [-0.3, -0.25) is 0 Å². The topological polar surface area (TPSA) is 51.8 Å². The van der Waals surface area contributed by atoms with Crippen LogP contribution in [0, 0.1) is 0 Å². The Labute approximate surface area is 316 Å². The summed E-state index contributed by atoms with van der Waals surface area (Å²) in [5.74, 6) is -0.187. The van der Waals surface area contributed by atoms with Gasteiger partial charge < -0.3 is 4.42 Å². The molecule has 0 atom stereocenters. The summed E-state index contributed by atoms with van der Waals surface area (Å²) in [6, 6.07) is 13.2. The molecule has 51 heavy (non-hydrogen) atoms. The Morgan fingerprint density at radius 1 is 0.431 bits per heavy atom. The van der Waals surface area contributed by atoms with Gasteiger partial charge in [0.15, 0.2) is 17.5 Å². The molecule has 0 aliphatic rings. The highest BCUT2D eigenvalue weighted by molar-refractivity contribution is 6.15. The SMILES string of the molecule is [2H]c1c([2H])c([2H])c(-c2cccc3c2oc2cccc(-c4nc(-c5ccc6ccccc6c5)nc(-c5c([2H])c([2H])c(-c6c([2H])c([2H])c7c([2H])c([2H])c([2H])c([2H])c7c6[2H])c([2H])c5[2H])n4)c23)c([2H])c1[2H]. The lowest BCUT2D eigenvalue weighted by Gasteiger charge is -2.11. The van der Waals surface area contributed by atoms with Crippen LogP contribution < -0.4 is 0 Å². The molecule has 238 valence electrons. The van der Waals surface area contributed by atoms with Crippen LogP contribution in [-0.4, -0.2) is 15.0 Å². The number of nitrogens with zero attached hydrogens (tertiary/aromatic N) is 3. The van der Waals surface area contributed by atoms with Crippen LogP contribution in [-0.2, 0) is 0 Å². The molecule has 10 aromatic rings. The number of hydrogen-bond donors (Lipinski definition) is 0. The molecular formula is C47H29N3O. The van der Waals surface area contributed by atoms with Gasteiger partial charge in [0.1, 0.15) is 11.2 Å². The maximum absolute atomic E-state index is 9.35. The highest BCUT2D eigenvalue weighted by atomic mass is 16.3. The quantitative estimate of drug-likeness (QED) is 0.183. The van der Waals surface area contributed by atoms with Crippen molar-refractivity contribution in [2.75, 3.05) is 0 Å². The molecule has 0 saturated carbocycles. The molecule has 2 heterocycles. The molecule has 0 N–H and O–H groups in total. The van der Waals surface area contributed by atoms with Crippen LogP contribution in [0.5, 0.6) is 0 Å². The first-order valence-electron chi connectivity index (χ1n) is 23.8. The summed E-state index contributed by atoms with van der Waals surface area (Å²) in [7, 11) is 0. The van der Waals surface area contributed by atoms with Gasteiger partial charge in [-0.1, -0.05) is 157 Å². The summed E-state index contributed by atoms with van der Waals surface area (Å²) in [4.78, 5) is 14.4. The molecule has 0 unspecified atom stereocenters. The molecule has 10 rings (SSSR count). The van der Waals surface area contributed by atoms with Gasteiger partial charge in [0.05, 0.1) is 21.9 Å². The van der Waals surface area contributed by atoms with Gasteiger partial charge in [0.2, 0.25) is 0 Å². The summed E-state index contributed by atoms with van der Waals surface area (Å²) in [5, 5.41) is 1.90. The van der Waals surface area contributed by atoms with E-state index in [4.69, 9.17) is 35.8 Å². The van der Waals surface area contributed by atoms with Crippen LogP contribution in [0.15, 0.2) is 180 Å². The van der Waals surface area contributed by atoms with Crippen molar-refractivity contribution < 1.29 is 26.3 Å². The van der Waals surface area contributed by atoms with E-state index >= 15 is 0 Å². The Balaban J connectivity index is 1.24. The number of benzene rings is 8. The number of para-hydroxylation sites is 1. The molecule has 0 aliphatic heterocycles. The highest BCUT2D eigenvalue weighted by Gasteiger charge is 2.19. The number of aromatic nitrogens is 3. The van der Waals surface area contributed by atoms with Crippen molar-refractivity contribution in [3.05, 3.63) is 176 Å². The summed E-state index contributed by atoms with van der Waals surface area (Å²) in [6.45, 7) is 0. The Morgan fingerprint density at radius 2 is 1.12 bits per heavy atom. The summed E-state index contributed by atoms with van der Waals surface area (Å²) in [6.07, 6.45) is 0. The van der Waals surface area contributed by atoms with E-state index in [1.165, 1.54) is 0 Å². The van der Waals surface area contributed by atoms with Crippen molar-refractivity contribution in [1.29, 1.82) is 0 Å². The molecule has 0 fully saturated rings. The molecule has 0 amide bonds. The van der Waals surface area contributed by atoms with Gasteiger partial charge in [-0.2, -0.15) is 0 Å². The summed E-state index contributed by atoms with van der Waals surface area (Å²) < 4.78 is 146. The van der Waals surface area contributed by atoms with Crippen LogP contribution in [0.1, 0.15) is 21.9 Å². The van der Waals surface area contributed by atoms with Crippen molar-refractivity contribution in [3.63, 3.8) is 0 Å². The molecule has 0 bridgehead atoms. The second-order valence-corrected chi connectivity index (χ2v) is 11.6. The zero-order valence-corrected chi connectivity index (χ0v) is 26.3. The molecule has 2 aromatic heterocycles. The molecule has 0 spiro atoms. The molecule has 4 nitrogen and oxygen atoms in total. The molecule has 4 heteroatoms. The smallest absolute Gasteiger partial charge is 0.164 e. The van der Waals surface area contributed by atoms with E-state index in [9.17, 15) is 5.48 Å². The van der Waals surface area contributed by atoms with Crippen LogP contribution in [0.2, 0.25) is 0 Å². The van der Waals surface area contributed by atoms with Gasteiger partial charge in [-0.15, -0.1) is 0 Å². The fraction of sp³-hybridized carbons (Fsp3) is 0. The molecule has 8 aromatic carbocycles. The highest BCUT2D eigenvalue weighted by Crippen LogP contribution is 2.40. The summed E-state index contributed by atoms with van der Waals surface area (Å²) in [5.41, 5.74) is 0.150. The predicted molar refractivity (Wildman–Crippen MR) is 209 cm³/mol. The first-order chi connectivity index (χ1) is 31.9. The zero-order chi connectivity index (χ0) is 47.7. The third kappa shape index (κ3) is 5.13. The Morgan fingerprint density at radius 3 is 1.98 bits per heavy atom. The van der Waals surface area contributed by atoms with Gasteiger partial charge >= 0.3 is 0 Å². The van der Waals surface area contributed by atoms with Gasteiger partial charge in [0, 0.05) is 33.0 Å². The van der Waals surface area contributed by atoms with E-state index in [1.54, 1.807) is 42.5 Å². The van der Waals surface area contributed by atoms with Crippen LogP contribution in [0.4, 0.5) is 0 Å². The lowest BCUT2D eigenvalue weighted by molar-refractivity contribution is 0.670. The minimum atomic E-state index is -0.729. The number of furan rings is 1. The van der Waals surface area contributed by atoms with Crippen LogP contribution in [0.25, 0.3) is 99.9 Å². The minimum Gasteiger partial charge on any atom is -0.455 e. The van der Waals surface area contributed by atoms with E-state index in [2.05, 4.69) is 0 Å². The largest absolute Gasteiger partial charge is 0.455 e. The van der Waals surface area contributed by atoms with Gasteiger partial charge in [-0.05, 0) is 56.4 Å². The maximum atomic E-state index is 9.35. The van der Waals surface area contributed by atoms with E-state index < -0.39 is 113 Å². The third-order valence-electron chi connectivity index (χ3n) is 8.52. The van der Waals surface area contributed by atoms with Crippen molar-refractivity contribution in [2.45, 2.75) is 0 Å². The van der Waals surface area contributed by atoms with Crippen molar-refractivity contribution in [1.82, 2.24) is 15.0 Å². The first kappa shape index (κ1) is 17.1. The Hall–Kier alpha value is -6.91. The molecular weight excluding hydrogens is 623 g/mol. The third-order valence-corrected chi connectivity index (χ3v) is 8.52. The standard InChI is InChI=1S/C47H29N3O/c1-2-12-33(13-3-1)39-16-8-17-40-43-41(18-9-19-42(43)51-44(39)40)47-49-45(48-46(50-47)38-27-23-31-11-5-7-15-36(31)29-38)34-24-20-32(21-25-34)37-26-22-30-10-4-6-14-35(30)28-37/h1-29H/i1D,2D,3D,4D,6D,10D,12D,13D,14D,20D,21D,22D,24D,25D,26D,28D. The second-order valence-electron chi connectivity index (χ2n) is 11.6. The number of rotatable bonds is 5. The lowest BCUT2D eigenvalue weighted by atomic mass is 10.00. The second kappa shape index (κ2) is 11.9. The predicted octanol–water partition coefficient (Wildman–Crippen LogP) is 12.4. The Kier molecular flexibility index (Phi) is 4.00. The van der Waals surface area contributed by atoms with Crippen molar-refractivity contribution in [3.8, 4) is 56.4 Å². The fourth-order valence-electron chi connectivity index (χ4n) is 6.14. The molecule has 0 aliphatic carbocycles. The van der Waals surface area contributed by atoms with E-state index in [-0.39, 0.29) is 45.1 Å². The summed E-state index contributed by atoms with van der Waals surface area (Å²) >= 11 is 0. The van der Waals surface area contributed by atoms with Gasteiger partial charge in [0.25, 0.3) is 0 Å². The van der Waals surface area contributed by atoms with E-state index in [1.807, 2.05) is 36.4 Å². The van der Waals surface area contributed by atoms with Crippen molar-refractivity contribution in [2.24, 2.45) is 0 Å². The van der Waals surface area contributed by atoms with Crippen molar-refractivity contribution >= 4 is 43.5 Å². The van der Waals surface area contributed by atoms with Crippen LogP contribution >= 0.6 is 0 Å². The monoisotopic (exact) mass is 667 g/mol. The first-order valence-corrected chi connectivity index (χ1v) is 15.8. The van der Waals surface area contributed by atoms with E-state index in [0.29, 0.717) is 27.5 Å². The molecule has 0 saturated heterocycles. The zero-order valence-electron chi connectivity index (χ0n) is 42.3. The molecule has 0 radical (unpaired) electrons. The maximum Gasteiger partial charge on any atom is 0.164 e. The van der Waals surface area contributed by atoms with Gasteiger partial charge in [-0.25, -0.2) is 15.0 Å². The average Bonchev–Trinajstić information content (AvgIpc) is 3.72. The lowest BCUT2D eigenvalue weighted by Crippen LogP contribution is -2.00.